The summed E-state index contributed by atoms with van der Waals surface area (Å²) in [6, 6.07) is 20.2. The first-order valence-corrected chi connectivity index (χ1v) is 23.1. The summed E-state index contributed by atoms with van der Waals surface area (Å²) in [7, 11) is 0.914. The van der Waals surface area contributed by atoms with Gasteiger partial charge in [-0.05, 0) is 102 Å². The molecule has 0 saturated carbocycles. The van der Waals surface area contributed by atoms with Crippen LogP contribution in [0, 0.1) is 11.6 Å². The van der Waals surface area contributed by atoms with Gasteiger partial charge in [0, 0.05) is 49.1 Å². The molecule has 0 aliphatic carbocycles. The van der Waals surface area contributed by atoms with Gasteiger partial charge in [-0.1, -0.05) is 13.8 Å². The van der Waals surface area contributed by atoms with E-state index in [1.807, 2.05) is 75.3 Å². The topological polar surface area (TPSA) is 130 Å². The molecule has 1 fully saturated rings. The third-order valence-electron chi connectivity index (χ3n) is 9.81. The average Bonchev–Trinajstić information content (AvgIpc) is 4.06. The Morgan fingerprint density at radius 1 is 0.661 bits per heavy atom. The van der Waals surface area contributed by atoms with Crippen molar-refractivity contribution in [3.8, 4) is 22.5 Å². The van der Waals surface area contributed by atoms with Gasteiger partial charge in [-0.2, -0.15) is 14.1 Å². The summed E-state index contributed by atoms with van der Waals surface area (Å²) in [6.07, 6.45) is 1.51. The number of rotatable bonds is 9. The van der Waals surface area contributed by atoms with Crippen LogP contribution in [0.3, 0.4) is 0 Å². The van der Waals surface area contributed by atoms with Gasteiger partial charge in [-0.3, -0.25) is 0 Å². The molecule has 0 radical (unpaired) electrons. The van der Waals surface area contributed by atoms with Crippen LogP contribution in [0.2, 0.25) is 0 Å². The minimum absolute atomic E-state index is 0.134. The lowest BCUT2D eigenvalue weighted by atomic mass is 10.2. The molecule has 19 heteroatoms. The van der Waals surface area contributed by atoms with Gasteiger partial charge in [0.25, 0.3) is 0 Å². The van der Waals surface area contributed by atoms with Crippen LogP contribution in [0.25, 0.3) is 33.8 Å². The van der Waals surface area contributed by atoms with Gasteiger partial charge in [0.2, 0.25) is 0 Å². The fraction of sp³-hybridized carbons (Fsp3) is 0.250. The summed E-state index contributed by atoms with van der Waals surface area (Å²) in [6.45, 7) is 4.96. The predicted molar refractivity (Wildman–Crippen MR) is 234 cm³/mol. The van der Waals surface area contributed by atoms with Crippen LogP contribution < -0.4 is 14.7 Å². The van der Waals surface area contributed by atoms with E-state index in [9.17, 15) is 17.2 Å². The molecular formula is C40H38BrF2N11O2S3. The van der Waals surface area contributed by atoms with Gasteiger partial charge in [-0.25, -0.2) is 37.1 Å². The van der Waals surface area contributed by atoms with Crippen LogP contribution in [-0.2, 0) is 22.7 Å². The van der Waals surface area contributed by atoms with Crippen molar-refractivity contribution in [2.45, 2.75) is 26.7 Å². The van der Waals surface area contributed by atoms with E-state index in [1.54, 1.807) is 28.8 Å². The number of hydrogen-bond donors (Lipinski definition) is 0. The Balaban J connectivity index is 0.000000169. The van der Waals surface area contributed by atoms with Crippen LogP contribution in [-0.4, -0.2) is 86.3 Å². The van der Waals surface area contributed by atoms with Gasteiger partial charge < -0.3 is 14.7 Å². The molecule has 0 N–H and O–H groups in total. The molecule has 59 heavy (non-hydrogen) atoms. The summed E-state index contributed by atoms with van der Waals surface area (Å²) in [4.78, 5) is 24.8. The van der Waals surface area contributed by atoms with E-state index in [4.69, 9.17) is 20.1 Å². The maximum atomic E-state index is 13.3. The van der Waals surface area contributed by atoms with Gasteiger partial charge in [0.15, 0.2) is 43.0 Å². The second kappa shape index (κ2) is 16.7. The summed E-state index contributed by atoms with van der Waals surface area (Å²) in [5.74, 6) is 2.17. The molecule has 0 bridgehead atoms. The lowest BCUT2D eigenvalue weighted by molar-refractivity contribution is 0.586. The largest absolute Gasteiger partial charge is 0.353 e. The van der Waals surface area contributed by atoms with E-state index in [0.29, 0.717) is 13.1 Å². The maximum Gasteiger partial charge on any atom is 0.191 e. The van der Waals surface area contributed by atoms with Crippen LogP contribution >= 0.6 is 38.6 Å². The SMILES string of the molecule is CCc1nc2ccc(Br)nn2c1N(C)c1nc(-c2ccc(F)cc2)cs1.CCc1nc2ccc(N3CCS(=O)(=O)CC3)nn2c1N(C)c1nc(-c2ccc(F)cc2)cs1. The van der Waals surface area contributed by atoms with E-state index in [2.05, 4.69) is 32.9 Å². The van der Waals surface area contributed by atoms with E-state index >= 15 is 0 Å². The third kappa shape index (κ3) is 8.41. The first-order chi connectivity index (χ1) is 28.4. The second-order valence-corrected chi connectivity index (χ2v) is 18.4. The number of nitrogens with zero attached hydrogens (tertiary/aromatic N) is 11. The zero-order chi connectivity index (χ0) is 41.4. The number of thiazole rings is 2. The first kappa shape index (κ1) is 40.4. The standard InChI is InChI=1S/C22H23FN6O2S2.C18H15BrFN5S/c1-3-17-21(27(2)22-25-18(14-32-22)15-4-6-16(23)7-5-15)29-19(24-17)8-9-20(26-29)28-10-12-33(30,31)13-11-28;1-3-13-17(25-16(21-13)9-8-15(19)23-25)24(2)18-22-14(10-26-18)11-4-6-12(20)7-5-11/h4-9,14H,3,10-13H2,1-2H3;4-10H,3H2,1-2H3. The minimum atomic E-state index is -2.97. The fourth-order valence-electron chi connectivity index (χ4n) is 6.68. The Morgan fingerprint density at radius 3 is 1.59 bits per heavy atom. The van der Waals surface area contributed by atoms with Crippen LogP contribution in [0.1, 0.15) is 25.2 Å². The molecule has 1 aliphatic heterocycles. The molecular weight excluding hydrogens is 881 g/mol. The molecule has 304 valence electrons. The molecule has 6 aromatic heterocycles. The van der Waals surface area contributed by atoms with Gasteiger partial charge in [0.1, 0.15) is 22.1 Å². The number of anilines is 5. The number of aryl methyl sites for hydroxylation is 2. The number of hydrogen-bond acceptors (Lipinski definition) is 13. The number of aromatic nitrogens is 8. The van der Waals surface area contributed by atoms with Crippen molar-refractivity contribution >= 4 is 87.5 Å². The Labute approximate surface area is 355 Å². The number of imidazole rings is 2. The number of benzene rings is 2. The Kier molecular flexibility index (Phi) is 11.4. The van der Waals surface area contributed by atoms with E-state index in [1.165, 1.54) is 46.9 Å². The minimum Gasteiger partial charge on any atom is -0.353 e. The molecule has 0 unspecified atom stereocenters. The highest BCUT2D eigenvalue weighted by molar-refractivity contribution is 9.10. The van der Waals surface area contributed by atoms with Gasteiger partial charge in [-0.15, -0.1) is 27.8 Å². The van der Waals surface area contributed by atoms with Crippen molar-refractivity contribution in [3.05, 3.63) is 111 Å². The summed E-state index contributed by atoms with van der Waals surface area (Å²) >= 11 is 6.44. The van der Waals surface area contributed by atoms with Crippen LogP contribution in [0.5, 0.6) is 0 Å². The normalized spacial score (nSPS) is 13.8. The molecule has 0 spiro atoms. The summed E-state index contributed by atoms with van der Waals surface area (Å²) in [5, 5.41) is 14.8. The smallest absolute Gasteiger partial charge is 0.191 e. The molecule has 9 rings (SSSR count). The number of halogens is 3. The predicted octanol–water partition coefficient (Wildman–Crippen LogP) is 8.64. The highest BCUT2D eigenvalue weighted by atomic mass is 79.9. The molecule has 0 atom stereocenters. The van der Waals surface area contributed by atoms with Crippen molar-refractivity contribution < 1.29 is 17.2 Å². The molecule has 2 aromatic carbocycles. The van der Waals surface area contributed by atoms with E-state index in [-0.39, 0.29) is 23.1 Å². The lowest BCUT2D eigenvalue weighted by Crippen LogP contribution is -2.40. The molecule has 1 saturated heterocycles. The van der Waals surface area contributed by atoms with Crippen molar-refractivity contribution in [1.82, 2.24) is 39.2 Å². The first-order valence-electron chi connectivity index (χ1n) is 18.7. The highest BCUT2D eigenvalue weighted by Crippen LogP contribution is 2.35. The zero-order valence-electron chi connectivity index (χ0n) is 32.4. The molecule has 1 aliphatic rings. The summed E-state index contributed by atoms with van der Waals surface area (Å²) in [5.41, 5.74) is 6.69. The molecule has 13 nitrogen and oxygen atoms in total. The molecule has 8 aromatic rings. The average molecular weight is 919 g/mol. The van der Waals surface area contributed by atoms with Crippen molar-refractivity contribution in [3.63, 3.8) is 0 Å². The quantitative estimate of drug-likeness (QED) is 0.138. The van der Waals surface area contributed by atoms with E-state index in [0.717, 1.165) is 90.4 Å². The molecule has 0 amide bonds. The van der Waals surface area contributed by atoms with Gasteiger partial charge >= 0.3 is 0 Å². The second-order valence-electron chi connectivity index (χ2n) is 13.7. The highest BCUT2D eigenvalue weighted by Gasteiger charge is 2.25. The Hall–Kier alpha value is -5.37. The maximum absolute atomic E-state index is 13.3. The Bertz CT molecular complexity index is 2860. The number of fused-ring (bicyclic) bond motifs is 2. The molecule has 7 heterocycles. The third-order valence-corrected chi connectivity index (χ3v) is 13.7. The van der Waals surface area contributed by atoms with Crippen molar-refractivity contribution in [2.75, 3.05) is 53.4 Å². The summed E-state index contributed by atoms with van der Waals surface area (Å²) < 4.78 is 54.4. The monoisotopic (exact) mass is 917 g/mol. The zero-order valence-corrected chi connectivity index (χ0v) is 36.5. The van der Waals surface area contributed by atoms with Crippen LogP contribution in [0.15, 0.2) is 88.2 Å². The van der Waals surface area contributed by atoms with Crippen molar-refractivity contribution in [1.29, 1.82) is 0 Å². The van der Waals surface area contributed by atoms with Gasteiger partial charge in [0.05, 0.1) is 34.3 Å². The lowest BCUT2D eigenvalue weighted by Gasteiger charge is -2.27. The van der Waals surface area contributed by atoms with E-state index < -0.39 is 9.84 Å². The van der Waals surface area contributed by atoms with Crippen molar-refractivity contribution in [2.24, 2.45) is 0 Å². The van der Waals surface area contributed by atoms with Crippen LogP contribution in [0.4, 0.5) is 36.5 Å². The number of sulfone groups is 1. The fourth-order valence-corrected chi connectivity index (χ4v) is 9.78. The Morgan fingerprint density at radius 2 is 1.12 bits per heavy atom.